The second-order valence-corrected chi connectivity index (χ2v) is 6.00. The molecule has 1 amide bonds. The molecule has 0 saturated carbocycles. The molecule has 2 aromatic rings. The summed E-state index contributed by atoms with van der Waals surface area (Å²) in [5.74, 6) is 0.0138. The van der Waals surface area contributed by atoms with E-state index >= 15 is 0 Å². The summed E-state index contributed by atoms with van der Waals surface area (Å²) < 4.78 is 0. The van der Waals surface area contributed by atoms with Crippen molar-refractivity contribution < 1.29 is 9.90 Å². The third-order valence-corrected chi connectivity index (χ3v) is 4.07. The maximum absolute atomic E-state index is 12.8. The third kappa shape index (κ3) is 2.20. The summed E-state index contributed by atoms with van der Waals surface area (Å²) in [6, 6.07) is 7.84. The van der Waals surface area contributed by atoms with E-state index in [1.165, 1.54) is 0 Å². The molecule has 1 fully saturated rings. The summed E-state index contributed by atoms with van der Waals surface area (Å²) in [5.41, 5.74) is 1.84. The molecule has 106 valence electrons. The van der Waals surface area contributed by atoms with Crippen LogP contribution in [0.3, 0.4) is 0 Å². The van der Waals surface area contributed by atoms with Crippen LogP contribution in [0.2, 0.25) is 0 Å². The van der Waals surface area contributed by atoms with Gasteiger partial charge in [0.25, 0.3) is 5.91 Å². The number of nitrogens with zero attached hydrogens (tertiary/aromatic N) is 1. The largest absolute Gasteiger partial charge is 0.388 e. The van der Waals surface area contributed by atoms with Gasteiger partial charge in [0.2, 0.25) is 0 Å². The van der Waals surface area contributed by atoms with E-state index in [2.05, 4.69) is 4.98 Å². The molecule has 1 saturated heterocycles. The molecule has 0 spiro atoms. The number of hydrogen-bond acceptors (Lipinski definition) is 2. The van der Waals surface area contributed by atoms with Crippen molar-refractivity contribution in [1.29, 1.82) is 0 Å². The van der Waals surface area contributed by atoms with Crippen molar-refractivity contribution in [3.8, 4) is 0 Å². The van der Waals surface area contributed by atoms with Crippen LogP contribution in [-0.4, -0.2) is 39.6 Å². The van der Waals surface area contributed by atoms with Crippen LogP contribution in [0.25, 0.3) is 10.9 Å². The number of carbonyl (C=O) groups excluding carboxylic acids is 1. The monoisotopic (exact) mass is 272 g/mol. The molecule has 0 bridgehead atoms. The van der Waals surface area contributed by atoms with Crippen molar-refractivity contribution >= 4 is 16.8 Å². The second kappa shape index (κ2) is 4.63. The maximum atomic E-state index is 12.8. The van der Waals surface area contributed by atoms with Crippen LogP contribution < -0.4 is 0 Å². The van der Waals surface area contributed by atoms with Gasteiger partial charge in [0.15, 0.2) is 0 Å². The first-order valence-electron chi connectivity index (χ1n) is 7.07. The number of aromatic amines is 1. The summed E-state index contributed by atoms with van der Waals surface area (Å²) in [7, 11) is 0. The van der Waals surface area contributed by atoms with Crippen molar-refractivity contribution in [1.82, 2.24) is 9.88 Å². The zero-order chi connectivity index (χ0) is 14.3. The van der Waals surface area contributed by atoms with E-state index in [4.69, 9.17) is 0 Å². The quantitative estimate of drug-likeness (QED) is 0.838. The number of para-hydroxylation sites is 1. The fourth-order valence-electron chi connectivity index (χ4n) is 3.10. The number of H-pyrrole nitrogens is 1. The third-order valence-electron chi connectivity index (χ3n) is 4.07. The molecule has 1 aliphatic heterocycles. The summed E-state index contributed by atoms with van der Waals surface area (Å²) in [6.45, 7) is 4.85. The molecular formula is C16H20N2O2. The number of nitrogens with one attached hydrogen (secondary N) is 1. The number of aromatic nitrogens is 1. The molecule has 0 radical (unpaired) electrons. The van der Waals surface area contributed by atoms with E-state index in [-0.39, 0.29) is 5.91 Å². The predicted molar refractivity (Wildman–Crippen MR) is 78.8 cm³/mol. The Morgan fingerprint density at radius 1 is 1.40 bits per heavy atom. The van der Waals surface area contributed by atoms with Crippen LogP contribution in [0.4, 0.5) is 0 Å². The normalized spacial score (nSPS) is 23.2. The van der Waals surface area contributed by atoms with Crippen LogP contribution in [-0.2, 0) is 0 Å². The molecule has 1 aromatic carbocycles. The van der Waals surface area contributed by atoms with Crippen LogP contribution in [0.5, 0.6) is 0 Å². The Bertz CT molecular complexity index is 658. The lowest BCUT2D eigenvalue weighted by Crippen LogP contribution is -2.48. The Morgan fingerprint density at radius 2 is 2.15 bits per heavy atom. The summed E-state index contributed by atoms with van der Waals surface area (Å²) in [4.78, 5) is 17.8. The van der Waals surface area contributed by atoms with E-state index in [9.17, 15) is 9.90 Å². The highest BCUT2D eigenvalue weighted by Gasteiger charge is 2.32. The molecule has 1 atom stereocenters. The minimum absolute atomic E-state index is 0.0138. The van der Waals surface area contributed by atoms with Crippen molar-refractivity contribution in [3.05, 3.63) is 35.5 Å². The highest BCUT2D eigenvalue weighted by atomic mass is 16.3. The van der Waals surface area contributed by atoms with Gasteiger partial charge in [-0.25, -0.2) is 0 Å². The minimum atomic E-state index is -0.770. The molecule has 2 heterocycles. The number of β-amino-alcohol motifs (C(OH)–C–C–N with tert-alkyl or cyclic N) is 1. The lowest BCUT2D eigenvalue weighted by atomic mass is 9.94. The molecular weight excluding hydrogens is 252 g/mol. The van der Waals surface area contributed by atoms with Gasteiger partial charge >= 0.3 is 0 Å². The number of fused-ring (bicyclic) bond motifs is 1. The van der Waals surface area contributed by atoms with Gasteiger partial charge in [0, 0.05) is 29.7 Å². The number of amides is 1. The molecule has 4 heteroatoms. The molecule has 1 unspecified atom stereocenters. The lowest BCUT2D eigenvalue weighted by molar-refractivity contribution is -0.0107. The van der Waals surface area contributed by atoms with Crippen molar-refractivity contribution in [2.24, 2.45) is 0 Å². The Labute approximate surface area is 118 Å². The fraction of sp³-hybridized carbons (Fsp3) is 0.438. The van der Waals surface area contributed by atoms with E-state index in [1.807, 2.05) is 31.2 Å². The second-order valence-electron chi connectivity index (χ2n) is 6.00. The van der Waals surface area contributed by atoms with Crippen LogP contribution in [0.1, 0.15) is 35.8 Å². The van der Waals surface area contributed by atoms with Gasteiger partial charge < -0.3 is 15.0 Å². The number of likely N-dealkylation sites (tertiary alicyclic amines) is 1. The zero-order valence-electron chi connectivity index (χ0n) is 11.9. The Kier molecular flexibility index (Phi) is 3.05. The molecule has 4 nitrogen and oxygen atoms in total. The van der Waals surface area contributed by atoms with Gasteiger partial charge in [-0.15, -0.1) is 0 Å². The molecule has 1 aromatic heterocycles. The standard InChI is InChI=1S/C16H20N2O2/c1-11-14(12-6-3-4-7-13(12)17-11)15(19)18-9-5-8-16(2,20)10-18/h3-4,6-7,17,20H,5,8-10H2,1-2H3. The van der Waals surface area contributed by atoms with E-state index in [0.717, 1.165) is 35.0 Å². The first-order valence-corrected chi connectivity index (χ1v) is 7.07. The number of hydrogen-bond donors (Lipinski definition) is 2. The summed E-state index contributed by atoms with van der Waals surface area (Å²) >= 11 is 0. The van der Waals surface area contributed by atoms with Gasteiger partial charge in [-0.2, -0.15) is 0 Å². The molecule has 2 N–H and O–H groups in total. The van der Waals surface area contributed by atoms with Gasteiger partial charge in [0.1, 0.15) is 0 Å². The fourth-order valence-corrected chi connectivity index (χ4v) is 3.10. The van der Waals surface area contributed by atoms with Gasteiger partial charge in [-0.3, -0.25) is 4.79 Å². The number of piperidine rings is 1. The molecule has 20 heavy (non-hydrogen) atoms. The average Bonchev–Trinajstić information content (AvgIpc) is 2.72. The number of carbonyl (C=O) groups is 1. The average molecular weight is 272 g/mol. The van der Waals surface area contributed by atoms with Crippen LogP contribution in [0.15, 0.2) is 24.3 Å². The van der Waals surface area contributed by atoms with Crippen molar-refractivity contribution in [2.75, 3.05) is 13.1 Å². The van der Waals surface area contributed by atoms with Gasteiger partial charge in [-0.05, 0) is 32.8 Å². The van der Waals surface area contributed by atoms with E-state index in [1.54, 1.807) is 11.8 Å². The highest BCUT2D eigenvalue weighted by molar-refractivity contribution is 6.08. The highest BCUT2D eigenvalue weighted by Crippen LogP contribution is 2.27. The number of aliphatic hydroxyl groups is 1. The zero-order valence-corrected chi connectivity index (χ0v) is 11.9. The molecule has 1 aliphatic rings. The number of benzene rings is 1. The Morgan fingerprint density at radius 3 is 2.90 bits per heavy atom. The van der Waals surface area contributed by atoms with Gasteiger partial charge in [0.05, 0.1) is 11.2 Å². The van der Waals surface area contributed by atoms with E-state index < -0.39 is 5.60 Å². The minimum Gasteiger partial charge on any atom is -0.388 e. The summed E-state index contributed by atoms with van der Waals surface area (Å²) in [5, 5.41) is 11.1. The summed E-state index contributed by atoms with van der Waals surface area (Å²) in [6.07, 6.45) is 1.60. The first-order chi connectivity index (χ1) is 9.48. The number of aryl methyl sites for hydroxylation is 1. The van der Waals surface area contributed by atoms with Crippen LogP contribution in [0, 0.1) is 6.92 Å². The molecule has 3 rings (SSSR count). The van der Waals surface area contributed by atoms with Crippen molar-refractivity contribution in [3.63, 3.8) is 0 Å². The first kappa shape index (κ1) is 13.2. The number of rotatable bonds is 1. The SMILES string of the molecule is Cc1[nH]c2ccccc2c1C(=O)N1CCCC(C)(O)C1. The Balaban J connectivity index is 1.98. The predicted octanol–water partition coefficient (Wildman–Crippen LogP) is 2.46. The lowest BCUT2D eigenvalue weighted by Gasteiger charge is -2.36. The smallest absolute Gasteiger partial charge is 0.256 e. The van der Waals surface area contributed by atoms with Gasteiger partial charge in [-0.1, -0.05) is 18.2 Å². The topological polar surface area (TPSA) is 56.3 Å². The van der Waals surface area contributed by atoms with Crippen molar-refractivity contribution in [2.45, 2.75) is 32.3 Å². The maximum Gasteiger partial charge on any atom is 0.256 e. The molecule has 0 aliphatic carbocycles. The van der Waals surface area contributed by atoms with Crippen LogP contribution >= 0.6 is 0 Å². The van der Waals surface area contributed by atoms with E-state index in [0.29, 0.717) is 13.1 Å². The Hall–Kier alpha value is -1.81.